The third-order valence-corrected chi connectivity index (χ3v) is 4.98. The molecule has 1 amide bonds. The molecule has 0 spiro atoms. The summed E-state index contributed by atoms with van der Waals surface area (Å²) >= 11 is 13.6. The third kappa shape index (κ3) is 4.22. The number of thiazole rings is 1. The first kappa shape index (κ1) is 16.2. The first-order chi connectivity index (χ1) is 11.1. The molecule has 0 bridgehead atoms. The van der Waals surface area contributed by atoms with Crippen LogP contribution in [0.2, 0.25) is 10.0 Å². The van der Waals surface area contributed by atoms with E-state index in [-0.39, 0.29) is 5.91 Å². The molecule has 118 valence electrons. The smallest absolute Gasteiger partial charge is 0.224 e. The van der Waals surface area contributed by atoms with Crippen LogP contribution in [0.3, 0.4) is 0 Å². The van der Waals surface area contributed by atoms with Gasteiger partial charge >= 0.3 is 0 Å². The van der Waals surface area contributed by atoms with E-state index < -0.39 is 0 Å². The lowest BCUT2D eigenvalue weighted by molar-refractivity contribution is -0.116. The fourth-order valence-corrected chi connectivity index (χ4v) is 3.70. The molecule has 1 heterocycles. The van der Waals surface area contributed by atoms with Gasteiger partial charge in [0.25, 0.3) is 0 Å². The number of hydrogen-bond donors (Lipinski definition) is 1. The van der Waals surface area contributed by atoms with Gasteiger partial charge in [0, 0.05) is 11.4 Å². The second kappa shape index (κ2) is 7.30. The normalized spacial score (nSPS) is 10.9. The topological polar surface area (TPSA) is 42.0 Å². The Kier molecular flexibility index (Phi) is 5.16. The SMILES string of the molecule is O=C(CCCc1nc2ccccc2s1)Nc1ccc(Cl)cc1Cl. The van der Waals surface area contributed by atoms with Gasteiger partial charge in [0.1, 0.15) is 0 Å². The van der Waals surface area contributed by atoms with E-state index in [0.717, 1.165) is 23.4 Å². The number of rotatable bonds is 5. The zero-order valence-electron chi connectivity index (χ0n) is 12.2. The maximum Gasteiger partial charge on any atom is 0.224 e. The molecule has 1 N–H and O–H groups in total. The van der Waals surface area contributed by atoms with E-state index in [1.165, 1.54) is 4.70 Å². The van der Waals surface area contributed by atoms with E-state index in [2.05, 4.69) is 16.4 Å². The summed E-state index contributed by atoms with van der Waals surface area (Å²) in [5.74, 6) is -0.0599. The van der Waals surface area contributed by atoms with Crippen LogP contribution in [0, 0.1) is 0 Å². The Morgan fingerprint density at radius 2 is 2.00 bits per heavy atom. The second-order valence-electron chi connectivity index (χ2n) is 5.10. The Labute approximate surface area is 148 Å². The van der Waals surface area contributed by atoms with Crippen LogP contribution in [0.4, 0.5) is 5.69 Å². The van der Waals surface area contributed by atoms with Crippen molar-refractivity contribution in [1.82, 2.24) is 4.98 Å². The summed E-state index contributed by atoms with van der Waals surface area (Å²) in [7, 11) is 0. The zero-order chi connectivity index (χ0) is 16.2. The Bertz CT molecular complexity index is 814. The average molecular weight is 365 g/mol. The summed E-state index contributed by atoms with van der Waals surface area (Å²) in [6.07, 6.45) is 1.97. The molecular formula is C17H14Cl2N2OS. The van der Waals surface area contributed by atoms with Gasteiger partial charge in [-0.2, -0.15) is 0 Å². The van der Waals surface area contributed by atoms with Crippen LogP contribution < -0.4 is 5.32 Å². The molecule has 1 aromatic heterocycles. The molecule has 0 saturated carbocycles. The van der Waals surface area contributed by atoms with Crippen molar-refractivity contribution in [2.75, 3.05) is 5.32 Å². The van der Waals surface area contributed by atoms with Crippen LogP contribution in [-0.4, -0.2) is 10.9 Å². The van der Waals surface area contributed by atoms with E-state index in [0.29, 0.717) is 22.2 Å². The molecule has 0 aliphatic heterocycles. The first-order valence-electron chi connectivity index (χ1n) is 7.21. The number of anilines is 1. The molecular weight excluding hydrogens is 351 g/mol. The van der Waals surface area contributed by atoms with Crippen molar-refractivity contribution in [1.29, 1.82) is 0 Å². The summed E-state index contributed by atoms with van der Waals surface area (Å²) in [6, 6.07) is 13.1. The number of halogens is 2. The predicted octanol–water partition coefficient (Wildman–Crippen LogP) is 5.56. The highest BCUT2D eigenvalue weighted by molar-refractivity contribution is 7.18. The quantitative estimate of drug-likeness (QED) is 0.643. The van der Waals surface area contributed by atoms with Crippen molar-refractivity contribution >= 4 is 56.3 Å². The van der Waals surface area contributed by atoms with Crippen molar-refractivity contribution in [3.8, 4) is 0 Å². The highest BCUT2D eigenvalue weighted by Gasteiger charge is 2.08. The number of fused-ring (bicyclic) bond motifs is 1. The average Bonchev–Trinajstić information content (AvgIpc) is 2.93. The van der Waals surface area contributed by atoms with Crippen LogP contribution in [0.5, 0.6) is 0 Å². The van der Waals surface area contributed by atoms with Gasteiger partial charge in [0.05, 0.1) is 25.9 Å². The monoisotopic (exact) mass is 364 g/mol. The standard InChI is InChI=1S/C17H14Cl2N2OS/c18-11-8-9-13(12(19)10-11)20-16(22)6-3-7-17-21-14-4-1-2-5-15(14)23-17/h1-2,4-5,8-10H,3,6-7H2,(H,20,22). The summed E-state index contributed by atoms with van der Waals surface area (Å²) in [5.41, 5.74) is 1.60. The number of amides is 1. The second-order valence-corrected chi connectivity index (χ2v) is 7.06. The maximum absolute atomic E-state index is 12.0. The number of para-hydroxylation sites is 1. The fourth-order valence-electron chi connectivity index (χ4n) is 2.23. The first-order valence-corrected chi connectivity index (χ1v) is 8.78. The van der Waals surface area contributed by atoms with Gasteiger partial charge in [-0.05, 0) is 43.2 Å². The Balaban J connectivity index is 1.52. The molecule has 3 aromatic rings. The lowest BCUT2D eigenvalue weighted by Crippen LogP contribution is -2.11. The van der Waals surface area contributed by atoms with Gasteiger partial charge in [0.2, 0.25) is 5.91 Å². The predicted molar refractivity (Wildman–Crippen MR) is 97.6 cm³/mol. The highest BCUT2D eigenvalue weighted by atomic mass is 35.5. The number of carbonyl (C=O) groups is 1. The van der Waals surface area contributed by atoms with Crippen LogP contribution in [0.25, 0.3) is 10.2 Å². The van der Waals surface area contributed by atoms with Gasteiger partial charge < -0.3 is 5.32 Å². The van der Waals surface area contributed by atoms with Gasteiger partial charge in [0.15, 0.2) is 0 Å². The zero-order valence-corrected chi connectivity index (χ0v) is 14.5. The Morgan fingerprint density at radius 1 is 1.17 bits per heavy atom. The molecule has 0 atom stereocenters. The van der Waals surface area contributed by atoms with Crippen LogP contribution in [0.15, 0.2) is 42.5 Å². The highest BCUT2D eigenvalue weighted by Crippen LogP contribution is 2.26. The number of hydrogen-bond acceptors (Lipinski definition) is 3. The molecule has 0 fully saturated rings. The Morgan fingerprint density at radius 3 is 2.78 bits per heavy atom. The largest absolute Gasteiger partial charge is 0.325 e. The van der Waals surface area contributed by atoms with Crippen molar-refractivity contribution in [3.63, 3.8) is 0 Å². The molecule has 0 saturated heterocycles. The van der Waals surface area contributed by atoms with E-state index in [9.17, 15) is 4.79 Å². The molecule has 0 radical (unpaired) electrons. The van der Waals surface area contributed by atoms with E-state index in [1.54, 1.807) is 29.5 Å². The molecule has 2 aromatic carbocycles. The minimum absolute atomic E-state index is 0.0599. The number of nitrogens with one attached hydrogen (secondary N) is 1. The number of benzene rings is 2. The maximum atomic E-state index is 12.0. The van der Waals surface area contributed by atoms with Crippen molar-refractivity contribution < 1.29 is 4.79 Å². The van der Waals surface area contributed by atoms with Gasteiger partial charge in [-0.15, -0.1) is 11.3 Å². The minimum atomic E-state index is -0.0599. The molecule has 0 unspecified atom stereocenters. The Hall–Kier alpha value is -1.62. The summed E-state index contributed by atoms with van der Waals surface area (Å²) in [5, 5.41) is 4.85. The van der Waals surface area contributed by atoms with E-state index in [1.807, 2.05) is 18.2 Å². The van der Waals surface area contributed by atoms with Crippen LogP contribution >= 0.6 is 34.5 Å². The number of nitrogens with zero attached hydrogens (tertiary/aromatic N) is 1. The fraction of sp³-hybridized carbons (Fsp3) is 0.176. The number of aryl methyl sites for hydroxylation is 1. The van der Waals surface area contributed by atoms with E-state index in [4.69, 9.17) is 23.2 Å². The lowest BCUT2D eigenvalue weighted by Gasteiger charge is -2.07. The lowest BCUT2D eigenvalue weighted by atomic mass is 10.2. The number of aromatic nitrogens is 1. The third-order valence-electron chi connectivity index (χ3n) is 3.34. The molecule has 3 nitrogen and oxygen atoms in total. The summed E-state index contributed by atoms with van der Waals surface area (Å²) < 4.78 is 1.18. The molecule has 3 rings (SSSR count). The van der Waals surface area contributed by atoms with Gasteiger partial charge in [-0.25, -0.2) is 4.98 Å². The molecule has 0 aliphatic carbocycles. The molecule has 6 heteroatoms. The van der Waals surface area contributed by atoms with Crippen molar-refractivity contribution in [2.45, 2.75) is 19.3 Å². The van der Waals surface area contributed by atoms with Gasteiger partial charge in [-0.1, -0.05) is 35.3 Å². The summed E-state index contributed by atoms with van der Waals surface area (Å²) in [4.78, 5) is 16.6. The minimum Gasteiger partial charge on any atom is -0.325 e. The van der Waals surface area contributed by atoms with E-state index >= 15 is 0 Å². The summed E-state index contributed by atoms with van der Waals surface area (Å²) in [6.45, 7) is 0. The van der Waals surface area contributed by atoms with Crippen LogP contribution in [-0.2, 0) is 11.2 Å². The van der Waals surface area contributed by atoms with Gasteiger partial charge in [-0.3, -0.25) is 4.79 Å². The van der Waals surface area contributed by atoms with Crippen LogP contribution in [0.1, 0.15) is 17.8 Å². The molecule has 23 heavy (non-hydrogen) atoms. The van der Waals surface area contributed by atoms with Crippen molar-refractivity contribution in [2.24, 2.45) is 0 Å². The number of carbonyl (C=O) groups excluding carboxylic acids is 1. The van der Waals surface area contributed by atoms with Crippen molar-refractivity contribution in [3.05, 3.63) is 57.5 Å². The molecule has 0 aliphatic rings.